The van der Waals surface area contributed by atoms with Crippen molar-refractivity contribution in [1.82, 2.24) is 4.90 Å². The number of ether oxygens (including phenoxy) is 1. The summed E-state index contributed by atoms with van der Waals surface area (Å²) in [6.45, 7) is 6.20. The number of hydrogen-bond donors (Lipinski definition) is 1. The second-order valence-corrected chi connectivity index (χ2v) is 5.95. The van der Waals surface area contributed by atoms with Gasteiger partial charge in [-0.1, -0.05) is 32.0 Å². The lowest BCUT2D eigenvalue weighted by molar-refractivity contribution is -0.141. The van der Waals surface area contributed by atoms with Crippen LogP contribution in [0.15, 0.2) is 24.3 Å². The van der Waals surface area contributed by atoms with Crippen molar-refractivity contribution in [1.29, 1.82) is 0 Å². The molecular weight excluding hydrogens is 268 g/mol. The van der Waals surface area contributed by atoms with Crippen molar-refractivity contribution in [3.63, 3.8) is 0 Å². The minimum atomic E-state index is -0.629. The Hall–Kier alpha value is -1.88. The predicted octanol–water partition coefficient (Wildman–Crippen LogP) is 1.87. The molecule has 21 heavy (non-hydrogen) atoms. The molecule has 2 N–H and O–H groups in total. The molecule has 1 heterocycles. The van der Waals surface area contributed by atoms with Gasteiger partial charge in [-0.2, -0.15) is 0 Å². The van der Waals surface area contributed by atoms with Gasteiger partial charge >= 0.3 is 0 Å². The van der Waals surface area contributed by atoms with E-state index < -0.39 is 11.5 Å². The first-order valence-electron chi connectivity index (χ1n) is 7.19. The van der Waals surface area contributed by atoms with E-state index in [9.17, 15) is 9.59 Å². The van der Waals surface area contributed by atoms with Gasteiger partial charge in [0, 0.05) is 18.5 Å². The molecule has 1 aliphatic rings. The van der Waals surface area contributed by atoms with Gasteiger partial charge in [0.2, 0.25) is 11.8 Å². The number of rotatable bonds is 5. The summed E-state index contributed by atoms with van der Waals surface area (Å²) in [5.41, 5.74) is 6.37. The Balaban J connectivity index is 2.17. The van der Waals surface area contributed by atoms with Crippen molar-refractivity contribution >= 4 is 11.8 Å². The van der Waals surface area contributed by atoms with Crippen molar-refractivity contribution in [2.75, 3.05) is 13.2 Å². The molecule has 2 amide bonds. The molecule has 5 nitrogen and oxygen atoms in total. The fraction of sp³-hybridized carbons (Fsp3) is 0.500. The average molecular weight is 290 g/mol. The molecule has 1 aliphatic heterocycles. The largest absolute Gasteiger partial charge is 0.494 e. The van der Waals surface area contributed by atoms with Crippen LogP contribution in [-0.4, -0.2) is 29.9 Å². The van der Waals surface area contributed by atoms with Crippen LogP contribution in [0.4, 0.5) is 0 Å². The highest BCUT2D eigenvalue weighted by Crippen LogP contribution is 2.33. The molecule has 1 aromatic rings. The number of likely N-dealkylation sites (tertiary alicyclic amines) is 1. The van der Waals surface area contributed by atoms with Gasteiger partial charge in [0.1, 0.15) is 5.75 Å². The summed E-state index contributed by atoms with van der Waals surface area (Å²) in [6, 6.07) is 7.00. The van der Waals surface area contributed by atoms with E-state index in [1.54, 1.807) is 13.8 Å². The molecule has 0 aliphatic carbocycles. The third-order valence-corrected chi connectivity index (χ3v) is 3.72. The zero-order valence-electron chi connectivity index (χ0n) is 12.8. The number of para-hydroxylation sites is 1. The normalized spacial score (nSPS) is 19.0. The molecular formula is C16H22N2O3. The molecule has 0 radical (unpaired) electrons. The van der Waals surface area contributed by atoms with Crippen LogP contribution in [-0.2, 0) is 9.59 Å². The van der Waals surface area contributed by atoms with Gasteiger partial charge in [-0.15, -0.1) is 0 Å². The van der Waals surface area contributed by atoms with E-state index in [2.05, 4.69) is 0 Å². The van der Waals surface area contributed by atoms with Crippen LogP contribution in [0.25, 0.3) is 0 Å². The molecule has 1 atom stereocenters. The van der Waals surface area contributed by atoms with E-state index in [0.717, 1.165) is 5.56 Å². The van der Waals surface area contributed by atoms with Gasteiger partial charge in [-0.3, -0.25) is 14.5 Å². The summed E-state index contributed by atoms with van der Waals surface area (Å²) < 4.78 is 5.55. The van der Waals surface area contributed by atoms with Gasteiger partial charge in [0.05, 0.1) is 18.1 Å². The Bertz CT molecular complexity index is 554. The molecule has 1 aromatic carbocycles. The number of carbonyl (C=O) groups is 2. The van der Waals surface area contributed by atoms with Crippen LogP contribution in [0.1, 0.15) is 38.8 Å². The highest BCUT2D eigenvalue weighted by atomic mass is 16.5. The molecule has 0 spiro atoms. The Labute approximate surface area is 125 Å². The SMILES string of the molecule is CCOc1ccccc1C(N)CN1C(=O)CC(C)(C)C1=O. The average Bonchev–Trinajstić information content (AvgIpc) is 2.62. The van der Waals surface area contributed by atoms with Gasteiger partial charge in [-0.25, -0.2) is 0 Å². The molecule has 5 heteroatoms. The third kappa shape index (κ3) is 3.08. The Morgan fingerprint density at radius 2 is 2.00 bits per heavy atom. The molecule has 2 rings (SSSR count). The summed E-state index contributed by atoms with van der Waals surface area (Å²) in [6.07, 6.45) is 0.242. The van der Waals surface area contributed by atoms with Gasteiger partial charge in [-0.05, 0) is 13.0 Å². The lowest BCUT2D eigenvalue weighted by Gasteiger charge is -2.23. The smallest absolute Gasteiger partial charge is 0.235 e. The molecule has 1 saturated heterocycles. The Morgan fingerprint density at radius 3 is 2.57 bits per heavy atom. The maximum Gasteiger partial charge on any atom is 0.235 e. The Kier molecular flexibility index (Phi) is 4.32. The standard InChI is InChI=1S/C16H22N2O3/c1-4-21-13-8-6-5-7-11(13)12(17)10-18-14(19)9-16(2,3)15(18)20/h5-8,12H,4,9-10,17H2,1-3H3. The predicted molar refractivity (Wildman–Crippen MR) is 79.7 cm³/mol. The lowest BCUT2D eigenvalue weighted by atomic mass is 9.92. The molecule has 114 valence electrons. The molecule has 0 saturated carbocycles. The van der Waals surface area contributed by atoms with Crippen LogP contribution in [0.5, 0.6) is 5.75 Å². The maximum absolute atomic E-state index is 12.2. The van der Waals surface area contributed by atoms with E-state index in [1.165, 1.54) is 4.90 Å². The first-order valence-corrected chi connectivity index (χ1v) is 7.19. The second-order valence-electron chi connectivity index (χ2n) is 5.95. The van der Waals surface area contributed by atoms with E-state index in [0.29, 0.717) is 12.4 Å². The summed E-state index contributed by atoms with van der Waals surface area (Å²) in [4.78, 5) is 25.5. The van der Waals surface area contributed by atoms with Crippen molar-refractivity contribution in [2.24, 2.45) is 11.1 Å². The topological polar surface area (TPSA) is 72.6 Å². The molecule has 0 bridgehead atoms. The van der Waals surface area contributed by atoms with Gasteiger partial charge in [0.15, 0.2) is 0 Å². The summed E-state index contributed by atoms with van der Waals surface area (Å²) in [7, 11) is 0. The van der Waals surface area contributed by atoms with Crippen LogP contribution in [0.2, 0.25) is 0 Å². The minimum absolute atomic E-state index is 0.156. The van der Waals surface area contributed by atoms with Crippen molar-refractivity contribution in [3.8, 4) is 5.75 Å². The maximum atomic E-state index is 12.2. The number of amides is 2. The molecule has 0 aromatic heterocycles. The van der Waals surface area contributed by atoms with Gasteiger partial charge in [0.25, 0.3) is 0 Å². The number of nitrogens with zero attached hydrogens (tertiary/aromatic N) is 1. The lowest BCUT2D eigenvalue weighted by Crippen LogP contribution is -2.38. The van der Waals surface area contributed by atoms with E-state index in [-0.39, 0.29) is 24.8 Å². The molecule has 1 fully saturated rings. The number of nitrogens with two attached hydrogens (primary N) is 1. The van der Waals surface area contributed by atoms with Crippen LogP contribution in [0.3, 0.4) is 0 Å². The van der Waals surface area contributed by atoms with Gasteiger partial charge < -0.3 is 10.5 Å². The quantitative estimate of drug-likeness (QED) is 0.840. The number of benzene rings is 1. The fourth-order valence-electron chi connectivity index (χ4n) is 2.58. The highest BCUT2D eigenvalue weighted by Gasteiger charge is 2.45. The molecule has 1 unspecified atom stereocenters. The monoisotopic (exact) mass is 290 g/mol. The number of imide groups is 1. The van der Waals surface area contributed by atoms with Crippen LogP contribution >= 0.6 is 0 Å². The highest BCUT2D eigenvalue weighted by molar-refractivity contribution is 6.05. The zero-order chi connectivity index (χ0) is 15.6. The number of hydrogen-bond acceptors (Lipinski definition) is 4. The van der Waals surface area contributed by atoms with Crippen molar-refractivity contribution in [3.05, 3.63) is 29.8 Å². The zero-order valence-corrected chi connectivity index (χ0v) is 12.8. The first kappa shape index (κ1) is 15.5. The summed E-state index contributed by atoms with van der Waals surface area (Å²) in [5, 5.41) is 0. The second kappa shape index (κ2) is 5.85. The van der Waals surface area contributed by atoms with Crippen LogP contribution < -0.4 is 10.5 Å². The Morgan fingerprint density at radius 1 is 1.33 bits per heavy atom. The van der Waals surface area contributed by atoms with E-state index in [1.807, 2.05) is 31.2 Å². The minimum Gasteiger partial charge on any atom is -0.494 e. The number of carbonyl (C=O) groups excluding carboxylic acids is 2. The fourth-order valence-corrected chi connectivity index (χ4v) is 2.58. The van der Waals surface area contributed by atoms with Crippen molar-refractivity contribution < 1.29 is 14.3 Å². The van der Waals surface area contributed by atoms with Crippen LogP contribution in [0, 0.1) is 5.41 Å². The van der Waals surface area contributed by atoms with Crippen molar-refractivity contribution in [2.45, 2.75) is 33.2 Å². The third-order valence-electron chi connectivity index (χ3n) is 3.72. The first-order chi connectivity index (χ1) is 9.86. The van der Waals surface area contributed by atoms with E-state index in [4.69, 9.17) is 10.5 Å². The summed E-state index contributed by atoms with van der Waals surface area (Å²) in [5.74, 6) is 0.386. The van der Waals surface area contributed by atoms with E-state index >= 15 is 0 Å². The summed E-state index contributed by atoms with van der Waals surface area (Å²) >= 11 is 0.